The van der Waals surface area contributed by atoms with Crippen molar-refractivity contribution in [2.75, 3.05) is 20.2 Å². The first-order chi connectivity index (χ1) is 10.7. The monoisotopic (exact) mass is 333 g/mol. The van der Waals surface area contributed by atoms with Gasteiger partial charge in [0.2, 0.25) is 0 Å². The highest BCUT2D eigenvalue weighted by Crippen LogP contribution is 2.41. The summed E-state index contributed by atoms with van der Waals surface area (Å²) in [6.07, 6.45) is -4.32. The number of aromatic nitrogens is 2. The van der Waals surface area contributed by atoms with Crippen LogP contribution in [0.25, 0.3) is 0 Å². The van der Waals surface area contributed by atoms with E-state index in [1.54, 1.807) is 0 Å². The number of hydrogen-bond donors (Lipinski definition) is 1. The van der Waals surface area contributed by atoms with E-state index in [1.165, 1.54) is 0 Å². The maximum absolute atomic E-state index is 13.0. The fourth-order valence-corrected chi connectivity index (χ4v) is 3.14. The predicted octanol–water partition coefficient (Wildman–Crippen LogP) is 1.84. The van der Waals surface area contributed by atoms with E-state index in [4.69, 9.17) is 4.74 Å². The van der Waals surface area contributed by atoms with Crippen molar-refractivity contribution in [2.45, 2.75) is 44.3 Å². The molecule has 1 aromatic rings. The van der Waals surface area contributed by atoms with Gasteiger partial charge < -0.3 is 14.4 Å². The number of ether oxygens (including phenoxy) is 2. The summed E-state index contributed by atoms with van der Waals surface area (Å²) >= 11 is 0. The average Bonchev–Trinajstić information content (AvgIpc) is 2.79. The predicted molar refractivity (Wildman–Crippen MR) is 73.0 cm³/mol. The van der Waals surface area contributed by atoms with Gasteiger partial charge in [0, 0.05) is 19.1 Å². The quantitative estimate of drug-likeness (QED) is 0.897. The molecule has 1 aromatic heterocycles. The van der Waals surface area contributed by atoms with E-state index in [1.807, 2.05) is 13.8 Å². The molecule has 0 aromatic carbocycles. The van der Waals surface area contributed by atoms with Gasteiger partial charge in [-0.1, -0.05) is 0 Å². The van der Waals surface area contributed by atoms with Gasteiger partial charge >= 0.3 is 6.18 Å². The first-order valence-corrected chi connectivity index (χ1v) is 7.32. The molecule has 2 atom stereocenters. The van der Waals surface area contributed by atoms with Crippen LogP contribution in [0.3, 0.4) is 0 Å². The minimum absolute atomic E-state index is 0.0775. The molecule has 3 heterocycles. The first kappa shape index (κ1) is 16.3. The molecule has 2 aliphatic rings. The largest absolute Gasteiger partial charge is 0.420 e. The molecular weight excluding hydrogens is 315 g/mol. The molecule has 1 saturated heterocycles. The van der Waals surface area contributed by atoms with Gasteiger partial charge in [-0.15, -0.1) is 0 Å². The minimum atomic E-state index is -4.51. The van der Waals surface area contributed by atoms with Crippen molar-refractivity contribution in [1.29, 1.82) is 0 Å². The molecule has 0 aliphatic carbocycles. The van der Waals surface area contributed by atoms with Crippen molar-refractivity contribution in [3.8, 4) is 0 Å². The van der Waals surface area contributed by atoms with Crippen molar-refractivity contribution in [2.24, 2.45) is 0 Å². The Balaban J connectivity index is 1.79. The Labute approximate surface area is 130 Å². The first-order valence-electron chi connectivity index (χ1n) is 7.32. The number of amides is 1. The molecule has 128 valence electrons. The van der Waals surface area contributed by atoms with Gasteiger partial charge in [-0.2, -0.15) is 18.3 Å². The van der Waals surface area contributed by atoms with Gasteiger partial charge in [-0.3, -0.25) is 9.89 Å². The number of fused-ring (bicyclic) bond motifs is 1. The third-order valence-corrected chi connectivity index (χ3v) is 4.52. The summed E-state index contributed by atoms with van der Waals surface area (Å²) in [5.41, 5.74) is -0.666. The molecule has 0 bridgehead atoms. The summed E-state index contributed by atoms with van der Waals surface area (Å²) in [5.74, 6) is -0.513. The van der Waals surface area contributed by atoms with Crippen molar-refractivity contribution in [3.63, 3.8) is 0 Å². The number of methoxy groups -OCH3 is 1. The van der Waals surface area contributed by atoms with Crippen LogP contribution in [0.4, 0.5) is 13.2 Å². The van der Waals surface area contributed by atoms with Crippen molar-refractivity contribution >= 4 is 5.91 Å². The number of rotatable bonds is 2. The Morgan fingerprint density at radius 1 is 1.43 bits per heavy atom. The van der Waals surface area contributed by atoms with E-state index in [2.05, 4.69) is 14.9 Å². The maximum Gasteiger partial charge on any atom is 0.420 e. The Bertz CT molecular complexity index is 623. The standard InChI is InChI=1S/C14H18F3N3O3/c1-7-4-9-10(8(2)23-7)18-19-11(9)12(21)20-5-13(6-20,22-3)14(15,16)17/h7-8H,4-6H2,1-3H3,(H,18,19)/t7-,8+/m0/s1. The van der Waals surface area contributed by atoms with Crippen molar-refractivity contribution in [1.82, 2.24) is 15.1 Å². The summed E-state index contributed by atoms with van der Waals surface area (Å²) in [6.45, 7) is 2.68. The highest BCUT2D eigenvalue weighted by Gasteiger charge is 2.64. The molecule has 3 rings (SSSR count). The minimum Gasteiger partial charge on any atom is -0.369 e. The summed E-state index contributed by atoms with van der Waals surface area (Å²) in [6, 6.07) is 0. The topological polar surface area (TPSA) is 67.5 Å². The van der Waals surface area contributed by atoms with E-state index in [0.29, 0.717) is 12.1 Å². The van der Waals surface area contributed by atoms with Gasteiger partial charge in [0.1, 0.15) is 0 Å². The summed E-state index contributed by atoms with van der Waals surface area (Å²) < 4.78 is 49.3. The van der Waals surface area contributed by atoms with Crippen LogP contribution >= 0.6 is 0 Å². The summed E-state index contributed by atoms with van der Waals surface area (Å²) in [4.78, 5) is 13.6. The van der Waals surface area contributed by atoms with Gasteiger partial charge in [0.05, 0.1) is 31.0 Å². The molecule has 0 saturated carbocycles. The van der Waals surface area contributed by atoms with E-state index >= 15 is 0 Å². The van der Waals surface area contributed by atoms with Gasteiger partial charge in [0.25, 0.3) is 5.91 Å². The van der Waals surface area contributed by atoms with Gasteiger partial charge in [0.15, 0.2) is 11.3 Å². The fraction of sp³-hybridized carbons (Fsp3) is 0.714. The number of likely N-dealkylation sites (tertiary alicyclic amines) is 1. The normalized spacial score (nSPS) is 26.6. The second-order valence-corrected chi connectivity index (χ2v) is 6.11. The Kier molecular flexibility index (Phi) is 3.68. The molecule has 0 radical (unpaired) electrons. The Morgan fingerprint density at radius 3 is 2.65 bits per heavy atom. The van der Waals surface area contributed by atoms with E-state index in [9.17, 15) is 18.0 Å². The van der Waals surface area contributed by atoms with Gasteiger partial charge in [-0.25, -0.2) is 0 Å². The molecule has 23 heavy (non-hydrogen) atoms. The number of nitrogens with zero attached hydrogens (tertiary/aromatic N) is 2. The molecule has 2 aliphatic heterocycles. The van der Waals surface area contributed by atoms with E-state index in [-0.39, 0.29) is 17.9 Å². The Morgan fingerprint density at radius 2 is 2.09 bits per heavy atom. The SMILES string of the molecule is COC1(C(F)(F)F)CN(C(=O)c2n[nH]c3c2C[C@H](C)O[C@@H]3C)C1. The number of hydrogen-bond acceptors (Lipinski definition) is 4. The lowest BCUT2D eigenvalue weighted by atomic mass is 9.91. The van der Waals surface area contributed by atoms with Crippen LogP contribution < -0.4 is 0 Å². The fourth-order valence-electron chi connectivity index (χ4n) is 3.14. The number of alkyl halides is 3. The van der Waals surface area contributed by atoms with Crippen molar-refractivity contribution < 1.29 is 27.4 Å². The highest BCUT2D eigenvalue weighted by atomic mass is 19.4. The number of halogens is 3. The third-order valence-electron chi connectivity index (χ3n) is 4.52. The third kappa shape index (κ3) is 2.42. The van der Waals surface area contributed by atoms with E-state index in [0.717, 1.165) is 17.6 Å². The lowest BCUT2D eigenvalue weighted by Gasteiger charge is -2.49. The van der Waals surface area contributed by atoms with Crippen LogP contribution in [-0.2, 0) is 15.9 Å². The number of aromatic amines is 1. The number of H-pyrrole nitrogens is 1. The summed E-state index contributed by atoms with van der Waals surface area (Å²) in [7, 11) is 1.01. The second-order valence-electron chi connectivity index (χ2n) is 6.11. The molecule has 9 heteroatoms. The Hall–Kier alpha value is -1.61. The lowest BCUT2D eigenvalue weighted by Crippen LogP contribution is -2.71. The number of nitrogens with one attached hydrogen (secondary N) is 1. The van der Waals surface area contributed by atoms with Crippen LogP contribution in [0, 0.1) is 0 Å². The van der Waals surface area contributed by atoms with Crippen LogP contribution in [0.1, 0.15) is 41.7 Å². The maximum atomic E-state index is 13.0. The number of carbonyl (C=O) groups excluding carboxylic acids is 1. The van der Waals surface area contributed by atoms with Crippen LogP contribution in [-0.4, -0.2) is 59.1 Å². The molecule has 1 fully saturated rings. The molecule has 0 unspecified atom stereocenters. The van der Waals surface area contributed by atoms with Crippen LogP contribution in [0.2, 0.25) is 0 Å². The van der Waals surface area contributed by atoms with Gasteiger partial charge in [-0.05, 0) is 13.8 Å². The van der Waals surface area contributed by atoms with E-state index < -0.39 is 30.8 Å². The smallest absolute Gasteiger partial charge is 0.369 e. The second kappa shape index (κ2) is 5.20. The molecule has 6 nitrogen and oxygen atoms in total. The molecular formula is C14H18F3N3O3. The zero-order valence-corrected chi connectivity index (χ0v) is 13.0. The molecule has 0 spiro atoms. The van der Waals surface area contributed by atoms with Crippen molar-refractivity contribution in [3.05, 3.63) is 17.0 Å². The summed E-state index contributed by atoms with van der Waals surface area (Å²) in [5, 5.41) is 6.77. The average molecular weight is 333 g/mol. The van der Waals surface area contributed by atoms with Crippen LogP contribution in [0.15, 0.2) is 0 Å². The lowest BCUT2D eigenvalue weighted by molar-refractivity contribution is -0.303. The molecule has 1 amide bonds. The molecule has 1 N–H and O–H groups in total. The zero-order chi connectivity index (χ0) is 17.0. The number of carbonyl (C=O) groups is 1. The van der Waals surface area contributed by atoms with Crippen LogP contribution in [0.5, 0.6) is 0 Å². The zero-order valence-electron chi connectivity index (χ0n) is 13.0. The highest BCUT2D eigenvalue weighted by molar-refractivity contribution is 5.95.